The van der Waals surface area contributed by atoms with Crippen LogP contribution in [0.5, 0.6) is 0 Å². The van der Waals surface area contributed by atoms with Gasteiger partial charge >= 0.3 is 0 Å². The van der Waals surface area contributed by atoms with E-state index in [4.69, 9.17) is 10.5 Å². The smallest absolute Gasteiger partial charge is 0.0484 e. The van der Waals surface area contributed by atoms with Gasteiger partial charge in [-0.2, -0.15) is 0 Å². The molecule has 2 fully saturated rings. The van der Waals surface area contributed by atoms with Crippen molar-refractivity contribution in [3.8, 4) is 0 Å². The van der Waals surface area contributed by atoms with Gasteiger partial charge in [0, 0.05) is 37.9 Å². The van der Waals surface area contributed by atoms with E-state index in [0.29, 0.717) is 0 Å². The summed E-state index contributed by atoms with van der Waals surface area (Å²) in [7, 11) is 0. The van der Waals surface area contributed by atoms with Gasteiger partial charge in [-0.1, -0.05) is 13.8 Å². The second kappa shape index (κ2) is 5.03. The fourth-order valence-corrected chi connectivity index (χ4v) is 2.87. The molecule has 16 heavy (non-hydrogen) atoms. The number of hydrogen-bond donors (Lipinski definition) is 1. The fraction of sp³-hybridized carbons (Fsp3) is 1.00. The summed E-state index contributed by atoms with van der Waals surface area (Å²) in [6, 6.07) is 0.809. The summed E-state index contributed by atoms with van der Waals surface area (Å²) in [6.45, 7) is 8.37. The first-order chi connectivity index (χ1) is 7.68. The van der Waals surface area contributed by atoms with E-state index in [9.17, 15) is 0 Å². The Morgan fingerprint density at radius 1 is 1.31 bits per heavy atom. The lowest BCUT2D eigenvalue weighted by molar-refractivity contribution is -0.0329. The van der Waals surface area contributed by atoms with Crippen molar-refractivity contribution in [2.45, 2.75) is 51.1 Å². The highest BCUT2D eigenvalue weighted by Gasteiger charge is 2.44. The van der Waals surface area contributed by atoms with Crippen LogP contribution in [0, 0.1) is 5.92 Å². The molecular formula is C13H26N2O. The summed E-state index contributed by atoms with van der Waals surface area (Å²) in [6.07, 6.45) is 4.98. The quantitative estimate of drug-likeness (QED) is 0.774. The Hall–Kier alpha value is -0.120. The molecule has 3 nitrogen and oxygen atoms in total. The topological polar surface area (TPSA) is 38.5 Å². The van der Waals surface area contributed by atoms with E-state index in [2.05, 4.69) is 18.7 Å². The van der Waals surface area contributed by atoms with Gasteiger partial charge in [0.2, 0.25) is 0 Å². The van der Waals surface area contributed by atoms with Gasteiger partial charge in [-0.25, -0.2) is 0 Å². The van der Waals surface area contributed by atoms with E-state index in [1.807, 2.05) is 0 Å². The molecule has 2 rings (SSSR count). The number of nitrogens with two attached hydrogens (primary N) is 1. The molecule has 3 heteroatoms. The molecule has 94 valence electrons. The predicted octanol–water partition coefficient (Wildman–Crippen LogP) is 1.61. The molecule has 2 N–H and O–H groups in total. The number of nitrogens with zero attached hydrogens (tertiary/aromatic N) is 1. The van der Waals surface area contributed by atoms with Crippen molar-refractivity contribution < 1.29 is 4.74 Å². The van der Waals surface area contributed by atoms with Crippen molar-refractivity contribution in [2.75, 3.05) is 26.3 Å². The lowest BCUT2D eigenvalue weighted by atomic mass is 9.87. The Balaban J connectivity index is 2.07. The highest BCUT2D eigenvalue weighted by atomic mass is 16.5. The minimum atomic E-state index is 0.240. The second-order valence-electron chi connectivity index (χ2n) is 5.82. The van der Waals surface area contributed by atoms with Crippen molar-refractivity contribution in [1.82, 2.24) is 4.90 Å². The molecule has 0 aromatic rings. The van der Waals surface area contributed by atoms with Crippen LogP contribution in [0.15, 0.2) is 0 Å². The Morgan fingerprint density at radius 2 is 1.94 bits per heavy atom. The van der Waals surface area contributed by atoms with Crippen molar-refractivity contribution in [3.63, 3.8) is 0 Å². The molecule has 1 heterocycles. The molecule has 0 aromatic carbocycles. The molecular weight excluding hydrogens is 200 g/mol. The number of hydrogen-bond acceptors (Lipinski definition) is 3. The van der Waals surface area contributed by atoms with Gasteiger partial charge in [0.15, 0.2) is 0 Å². The third-order valence-electron chi connectivity index (χ3n) is 3.96. The summed E-state index contributed by atoms with van der Waals surface area (Å²) in [4.78, 5) is 2.71. The van der Waals surface area contributed by atoms with E-state index in [1.165, 1.54) is 19.4 Å². The molecule has 1 saturated heterocycles. The normalized spacial score (nSPS) is 25.3. The Bertz CT molecular complexity index is 220. The van der Waals surface area contributed by atoms with Crippen LogP contribution in [0.25, 0.3) is 0 Å². The zero-order valence-corrected chi connectivity index (χ0v) is 10.7. The molecule has 0 spiro atoms. The lowest BCUT2D eigenvalue weighted by Crippen LogP contribution is -2.58. The van der Waals surface area contributed by atoms with Crippen molar-refractivity contribution in [3.05, 3.63) is 0 Å². The van der Waals surface area contributed by atoms with Crippen LogP contribution in [0.1, 0.15) is 39.5 Å². The summed E-state index contributed by atoms with van der Waals surface area (Å²) in [5.41, 5.74) is 6.32. The summed E-state index contributed by atoms with van der Waals surface area (Å²) < 4.78 is 5.50. The van der Waals surface area contributed by atoms with Crippen molar-refractivity contribution >= 4 is 0 Å². The van der Waals surface area contributed by atoms with Gasteiger partial charge < -0.3 is 10.5 Å². The molecule has 2 aliphatic rings. The van der Waals surface area contributed by atoms with E-state index in [0.717, 1.165) is 44.6 Å². The van der Waals surface area contributed by atoms with Crippen LogP contribution in [-0.4, -0.2) is 42.8 Å². The molecule has 1 aliphatic carbocycles. The number of ether oxygens (including phenoxy) is 1. The summed E-state index contributed by atoms with van der Waals surface area (Å²) >= 11 is 0. The van der Waals surface area contributed by atoms with Crippen LogP contribution in [0.3, 0.4) is 0 Å². The highest BCUT2D eigenvalue weighted by molar-refractivity contribution is 5.00. The highest BCUT2D eigenvalue weighted by Crippen LogP contribution is 2.38. The van der Waals surface area contributed by atoms with Gasteiger partial charge in [-0.15, -0.1) is 0 Å². The number of rotatable bonds is 5. The third-order valence-corrected chi connectivity index (χ3v) is 3.96. The van der Waals surface area contributed by atoms with Crippen LogP contribution in [-0.2, 0) is 4.74 Å². The Labute approximate surface area is 99.3 Å². The molecule has 0 atom stereocenters. The molecule has 0 radical (unpaired) electrons. The van der Waals surface area contributed by atoms with Gasteiger partial charge in [-0.3, -0.25) is 4.90 Å². The zero-order valence-electron chi connectivity index (χ0n) is 10.7. The minimum Gasteiger partial charge on any atom is -0.381 e. The van der Waals surface area contributed by atoms with Crippen molar-refractivity contribution in [2.24, 2.45) is 11.7 Å². The van der Waals surface area contributed by atoms with Crippen molar-refractivity contribution in [1.29, 1.82) is 0 Å². The van der Waals surface area contributed by atoms with E-state index in [-0.39, 0.29) is 5.54 Å². The summed E-state index contributed by atoms with van der Waals surface area (Å²) in [5, 5.41) is 0. The van der Waals surface area contributed by atoms with E-state index < -0.39 is 0 Å². The Morgan fingerprint density at radius 3 is 2.38 bits per heavy atom. The maximum absolute atomic E-state index is 6.08. The maximum Gasteiger partial charge on any atom is 0.0484 e. The van der Waals surface area contributed by atoms with Gasteiger partial charge in [0.1, 0.15) is 0 Å². The molecule has 1 saturated carbocycles. The average molecular weight is 226 g/mol. The third kappa shape index (κ3) is 2.58. The van der Waals surface area contributed by atoms with Crippen LogP contribution < -0.4 is 5.73 Å². The molecule has 0 bridgehead atoms. The molecule has 0 unspecified atom stereocenters. The van der Waals surface area contributed by atoms with Crippen LogP contribution in [0.2, 0.25) is 0 Å². The zero-order chi connectivity index (χ0) is 11.6. The first-order valence-corrected chi connectivity index (χ1v) is 6.72. The molecule has 0 amide bonds. The van der Waals surface area contributed by atoms with E-state index in [1.54, 1.807) is 0 Å². The largest absolute Gasteiger partial charge is 0.381 e. The van der Waals surface area contributed by atoms with E-state index >= 15 is 0 Å². The maximum atomic E-state index is 6.08. The molecule has 0 aromatic heterocycles. The standard InChI is InChI=1S/C13H26N2O/c1-11(2)9-15(12-3-4-12)13(10-14)5-7-16-8-6-13/h11-12H,3-10,14H2,1-2H3. The summed E-state index contributed by atoms with van der Waals surface area (Å²) in [5.74, 6) is 0.729. The molecule has 1 aliphatic heterocycles. The first kappa shape index (κ1) is 12.3. The average Bonchev–Trinajstić information content (AvgIpc) is 3.10. The van der Waals surface area contributed by atoms with Crippen LogP contribution >= 0.6 is 0 Å². The lowest BCUT2D eigenvalue weighted by Gasteiger charge is -2.47. The van der Waals surface area contributed by atoms with Crippen LogP contribution in [0.4, 0.5) is 0 Å². The van der Waals surface area contributed by atoms with Gasteiger partial charge in [0.25, 0.3) is 0 Å². The fourth-order valence-electron chi connectivity index (χ4n) is 2.87. The van der Waals surface area contributed by atoms with Gasteiger partial charge in [0.05, 0.1) is 0 Å². The van der Waals surface area contributed by atoms with Gasteiger partial charge in [-0.05, 0) is 31.6 Å². The monoisotopic (exact) mass is 226 g/mol. The Kier molecular flexibility index (Phi) is 3.88. The SMILES string of the molecule is CC(C)CN(C1CC1)C1(CN)CCOCC1. The predicted molar refractivity (Wildman–Crippen MR) is 66.4 cm³/mol. The minimum absolute atomic E-state index is 0.240. The first-order valence-electron chi connectivity index (χ1n) is 6.72. The second-order valence-corrected chi connectivity index (χ2v) is 5.82.